The van der Waals surface area contributed by atoms with Crippen LogP contribution in [0.2, 0.25) is 0 Å². The summed E-state index contributed by atoms with van der Waals surface area (Å²) in [5, 5.41) is 8.29. The number of amides is 2. The Morgan fingerprint density at radius 2 is 1.93 bits per heavy atom. The van der Waals surface area contributed by atoms with E-state index in [1.807, 2.05) is 55.5 Å². The highest BCUT2D eigenvalue weighted by molar-refractivity contribution is 8.14. The van der Waals surface area contributed by atoms with Crippen molar-refractivity contribution in [2.75, 3.05) is 0 Å². The van der Waals surface area contributed by atoms with Crippen LogP contribution in [0.25, 0.3) is 0 Å². The number of ether oxygens (including phenoxy) is 1. The summed E-state index contributed by atoms with van der Waals surface area (Å²) >= 11 is 1.32. The quantitative estimate of drug-likeness (QED) is 0.876. The first kappa shape index (κ1) is 19.0. The molecule has 2 aromatic carbocycles. The van der Waals surface area contributed by atoms with Crippen LogP contribution in [-0.4, -0.2) is 22.0 Å². The molecule has 0 spiro atoms. The van der Waals surface area contributed by atoms with Crippen molar-refractivity contribution in [1.29, 1.82) is 0 Å². The number of hydrogen-bond acceptors (Lipinski definition) is 5. The van der Waals surface area contributed by atoms with E-state index in [0.717, 1.165) is 16.7 Å². The number of thioether (sulfide) groups is 1. The summed E-state index contributed by atoms with van der Waals surface area (Å²) in [6.07, 6.45) is 0. The first-order valence-corrected chi connectivity index (χ1v) is 9.42. The molecule has 1 aliphatic rings. The van der Waals surface area contributed by atoms with Gasteiger partial charge in [-0.05, 0) is 24.6 Å². The zero-order chi connectivity index (χ0) is 19.4. The number of carbonyl (C=O) groups is 2. The van der Waals surface area contributed by atoms with Crippen molar-refractivity contribution in [1.82, 2.24) is 10.3 Å². The molecular formula is C20H21N3O3S. The molecule has 6 nitrogen and oxygen atoms in total. The van der Waals surface area contributed by atoms with Crippen molar-refractivity contribution >= 4 is 28.7 Å². The molecule has 0 unspecified atom stereocenters. The number of rotatable bonds is 4. The van der Waals surface area contributed by atoms with Gasteiger partial charge in [-0.1, -0.05) is 53.7 Å². The molecule has 0 fully saturated rings. The van der Waals surface area contributed by atoms with Crippen molar-refractivity contribution in [2.45, 2.75) is 32.8 Å². The lowest BCUT2D eigenvalue weighted by Crippen LogP contribution is -2.25. The third kappa shape index (κ3) is 4.68. The summed E-state index contributed by atoms with van der Waals surface area (Å²) in [5.41, 5.74) is 2.95. The van der Waals surface area contributed by atoms with Crippen molar-refractivity contribution in [3.8, 4) is 5.75 Å². The molecule has 1 atom stereocenters. The van der Waals surface area contributed by atoms with Gasteiger partial charge in [-0.25, -0.2) is 5.01 Å². The van der Waals surface area contributed by atoms with E-state index >= 15 is 0 Å². The van der Waals surface area contributed by atoms with Gasteiger partial charge in [-0.2, -0.15) is 0 Å². The van der Waals surface area contributed by atoms with Crippen LogP contribution in [0.15, 0.2) is 53.6 Å². The Morgan fingerprint density at radius 3 is 2.59 bits per heavy atom. The number of benzene rings is 2. The molecule has 2 amide bonds. The number of amidine groups is 1. The van der Waals surface area contributed by atoms with Crippen LogP contribution in [0.1, 0.15) is 35.9 Å². The largest absolute Gasteiger partial charge is 0.489 e. The molecule has 2 aromatic rings. The van der Waals surface area contributed by atoms with Crippen LogP contribution in [0, 0.1) is 6.92 Å². The van der Waals surface area contributed by atoms with Gasteiger partial charge in [0.25, 0.3) is 0 Å². The molecule has 0 aromatic heterocycles. The Labute approximate surface area is 162 Å². The Morgan fingerprint density at radius 1 is 1.19 bits per heavy atom. The van der Waals surface area contributed by atoms with Crippen molar-refractivity contribution in [3.63, 3.8) is 0 Å². The fourth-order valence-electron chi connectivity index (χ4n) is 2.69. The van der Waals surface area contributed by atoms with E-state index in [9.17, 15) is 9.59 Å². The van der Waals surface area contributed by atoms with E-state index < -0.39 is 5.37 Å². The molecule has 27 heavy (non-hydrogen) atoms. The van der Waals surface area contributed by atoms with Gasteiger partial charge in [0.1, 0.15) is 17.7 Å². The fourth-order valence-corrected chi connectivity index (χ4v) is 3.85. The second-order valence-corrected chi connectivity index (χ2v) is 7.30. The number of hydrazone groups is 1. The molecule has 0 radical (unpaired) electrons. The third-order valence-electron chi connectivity index (χ3n) is 3.92. The van der Waals surface area contributed by atoms with Crippen LogP contribution in [-0.2, 0) is 16.2 Å². The first-order valence-electron chi connectivity index (χ1n) is 8.54. The molecule has 1 aliphatic heterocycles. The SMILES string of the molecule is CC(=O)NC1=NN(C(C)=O)[C@H](c2cc(C)ccc2OCc2ccccc2)S1. The number of hydrogen-bond donors (Lipinski definition) is 1. The minimum atomic E-state index is -0.393. The van der Waals surface area contributed by atoms with Crippen LogP contribution in [0.3, 0.4) is 0 Å². The van der Waals surface area contributed by atoms with Crippen LogP contribution >= 0.6 is 11.8 Å². The normalized spacial score (nSPS) is 16.0. The molecule has 0 bridgehead atoms. The summed E-state index contributed by atoms with van der Waals surface area (Å²) in [6.45, 7) is 5.27. The summed E-state index contributed by atoms with van der Waals surface area (Å²) in [7, 11) is 0. The number of aryl methyl sites for hydroxylation is 1. The molecule has 1 heterocycles. The number of nitrogens with one attached hydrogen (secondary N) is 1. The van der Waals surface area contributed by atoms with E-state index in [4.69, 9.17) is 4.74 Å². The maximum absolute atomic E-state index is 12.1. The van der Waals surface area contributed by atoms with Crippen LogP contribution in [0.5, 0.6) is 5.75 Å². The van der Waals surface area contributed by atoms with Gasteiger partial charge in [0.2, 0.25) is 11.8 Å². The van der Waals surface area contributed by atoms with Gasteiger partial charge >= 0.3 is 0 Å². The number of nitrogens with zero attached hydrogens (tertiary/aromatic N) is 2. The predicted molar refractivity (Wildman–Crippen MR) is 106 cm³/mol. The Balaban J connectivity index is 1.87. The molecule has 0 saturated carbocycles. The summed E-state index contributed by atoms with van der Waals surface area (Å²) < 4.78 is 6.05. The summed E-state index contributed by atoms with van der Waals surface area (Å²) in [4.78, 5) is 23.5. The number of carbonyl (C=O) groups excluding carboxylic acids is 2. The summed E-state index contributed by atoms with van der Waals surface area (Å²) in [5.74, 6) is 0.256. The standard InChI is InChI=1S/C20H21N3O3S/c1-13-9-10-18(26-12-16-7-5-4-6-8-16)17(11-13)19-23(15(3)25)22-20(27-19)21-14(2)24/h4-11,19H,12H2,1-3H3,(H,21,22,24)/t19-/m0/s1. The Hall–Kier alpha value is -2.80. The summed E-state index contributed by atoms with van der Waals surface area (Å²) in [6, 6.07) is 15.7. The van der Waals surface area contributed by atoms with Crippen LogP contribution in [0.4, 0.5) is 0 Å². The maximum atomic E-state index is 12.1. The van der Waals surface area contributed by atoms with Gasteiger partial charge in [0.15, 0.2) is 5.17 Å². The second-order valence-electron chi connectivity index (χ2n) is 6.24. The van der Waals surface area contributed by atoms with E-state index in [1.54, 1.807) is 0 Å². The van der Waals surface area contributed by atoms with Crippen molar-refractivity contribution in [3.05, 3.63) is 65.2 Å². The third-order valence-corrected chi connectivity index (χ3v) is 5.00. The Bertz CT molecular complexity index is 883. The lowest BCUT2D eigenvalue weighted by molar-refractivity contribution is -0.129. The highest BCUT2D eigenvalue weighted by Crippen LogP contribution is 2.43. The van der Waals surface area contributed by atoms with Gasteiger partial charge in [-0.3, -0.25) is 9.59 Å². The predicted octanol–water partition coefficient (Wildman–Crippen LogP) is 3.58. The van der Waals surface area contributed by atoms with E-state index in [2.05, 4.69) is 10.4 Å². The highest BCUT2D eigenvalue weighted by Gasteiger charge is 2.34. The minimum absolute atomic E-state index is 0.205. The van der Waals surface area contributed by atoms with Crippen molar-refractivity contribution < 1.29 is 14.3 Å². The average Bonchev–Trinajstić information content (AvgIpc) is 3.04. The van der Waals surface area contributed by atoms with Gasteiger partial charge < -0.3 is 10.1 Å². The highest BCUT2D eigenvalue weighted by atomic mass is 32.2. The van der Waals surface area contributed by atoms with Crippen LogP contribution < -0.4 is 10.1 Å². The van der Waals surface area contributed by atoms with Gasteiger partial charge in [0.05, 0.1) is 0 Å². The van der Waals surface area contributed by atoms with E-state index in [1.165, 1.54) is 30.6 Å². The van der Waals surface area contributed by atoms with E-state index in [0.29, 0.717) is 17.5 Å². The molecule has 0 saturated heterocycles. The zero-order valence-electron chi connectivity index (χ0n) is 15.4. The van der Waals surface area contributed by atoms with Crippen molar-refractivity contribution in [2.24, 2.45) is 5.10 Å². The topological polar surface area (TPSA) is 71.0 Å². The monoisotopic (exact) mass is 383 g/mol. The molecular weight excluding hydrogens is 362 g/mol. The zero-order valence-corrected chi connectivity index (χ0v) is 16.2. The molecule has 140 valence electrons. The second kappa shape index (κ2) is 8.26. The lowest BCUT2D eigenvalue weighted by Gasteiger charge is -2.22. The molecule has 3 rings (SSSR count). The maximum Gasteiger partial charge on any atom is 0.241 e. The average molecular weight is 383 g/mol. The minimum Gasteiger partial charge on any atom is -0.489 e. The molecule has 1 N–H and O–H groups in total. The lowest BCUT2D eigenvalue weighted by atomic mass is 10.1. The molecule has 0 aliphatic carbocycles. The first-order chi connectivity index (χ1) is 12.9. The molecule has 7 heteroatoms. The van der Waals surface area contributed by atoms with E-state index in [-0.39, 0.29) is 11.8 Å². The Kier molecular flexibility index (Phi) is 5.81. The van der Waals surface area contributed by atoms with Gasteiger partial charge in [0, 0.05) is 19.4 Å². The smallest absolute Gasteiger partial charge is 0.241 e. The fraction of sp³-hybridized carbons (Fsp3) is 0.250. The van der Waals surface area contributed by atoms with Gasteiger partial charge in [-0.15, -0.1) is 5.10 Å².